The highest BCUT2D eigenvalue weighted by Crippen LogP contribution is 2.38. The highest BCUT2D eigenvalue weighted by molar-refractivity contribution is 9.10. The van der Waals surface area contributed by atoms with Crippen LogP contribution in [0.3, 0.4) is 0 Å². The third kappa shape index (κ3) is 3.33. The minimum absolute atomic E-state index is 0.161. The number of aromatic amines is 1. The zero-order valence-corrected chi connectivity index (χ0v) is 17.1. The molecule has 0 aliphatic heterocycles. The lowest BCUT2D eigenvalue weighted by atomic mass is 10.1. The molecule has 1 amide bonds. The Morgan fingerprint density at radius 3 is 2.83 bits per heavy atom. The molecular formula is C20H16BrN5O3. The molecule has 0 radical (unpaired) electrons. The smallest absolute Gasteiger partial charge is 0.287 e. The Morgan fingerprint density at radius 2 is 2.03 bits per heavy atom. The second-order valence-corrected chi connectivity index (χ2v) is 7.57. The Bertz CT molecular complexity index is 1360. The lowest BCUT2D eigenvalue weighted by molar-refractivity contribution is -0.121. The van der Waals surface area contributed by atoms with E-state index in [0.717, 1.165) is 10.0 Å². The third-order valence-corrected chi connectivity index (χ3v) is 5.19. The van der Waals surface area contributed by atoms with Gasteiger partial charge >= 0.3 is 0 Å². The zero-order valence-electron chi connectivity index (χ0n) is 15.5. The number of H-pyrrole nitrogens is 1. The van der Waals surface area contributed by atoms with Crippen LogP contribution in [-0.4, -0.2) is 25.5 Å². The number of benzene rings is 2. The highest BCUT2D eigenvalue weighted by Gasteiger charge is 2.19. The van der Waals surface area contributed by atoms with Gasteiger partial charge in [-0.2, -0.15) is 0 Å². The molecule has 2 aromatic carbocycles. The van der Waals surface area contributed by atoms with Crippen LogP contribution in [-0.2, 0) is 4.79 Å². The number of fused-ring (bicyclic) bond motifs is 2. The van der Waals surface area contributed by atoms with Crippen LogP contribution in [0.1, 0.15) is 18.5 Å². The molecule has 0 spiro atoms. The van der Waals surface area contributed by atoms with E-state index in [-0.39, 0.29) is 17.1 Å². The van der Waals surface area contributed by atoms with E-state index in [4.69, 9.17) is 0 Å². The SMILES string of the molecule is Cc1cc(Br)cc2c(N=NC(=O)C(C)n3cnc4ccccc4c3=O)c(O)[nH]c12. The average Bonchev–Trinajstić information content (AvgIpc) is 3.01. The van der Waals surface area contributed by atoms with E-state index in [1.54, 1.807) is 37.3 Å². The van der Waals surface area contributed by atoms with Crippen LogP contribution >= 0.6 is 15.9 Å². The Morgan fingerprint density at radius 1 is 1.28 bits per heavy atom. The molecule has 0 aliphatic carbocycles. The number of carbonyl (C=O) groups excluding carboxylic acids is 1. The largest absolute Gasteiger partial charge is 0.493 e. The summed E-state index contributed by atoms with van der Waals surface area (Å²) in [5, 5.41) is 18.9. The van der Waals surface area contributed by atoms with Crippen LogP contribution in [0.15, 0.2) is 62.2 Å². The molecule has 1 atom stereocenters. The molecule has 4 aromatic rings. The van der Waals surface area contributed by atoms with Crippen LogP contribution < -0.4 is 5.56 Å². The summed E-state index contributed by atoms with van der Waals surface area (Å²) in [7, 11) is 0. The third-order valence-electron chi connectivity index (χ3n) is 4.74. The maximum absolute atomic E-state index is 12.7. The topological polar surface area (TPSA) is 113 Å². The van der Waals surface area contributed by atoms with Gasteiger partial charge in [-0.3, -0.25) is 14.2 Å². The molecule has 2 heterocycles. The van der Waals surface area contributed by atoms with E-state index in [9.17, 15) is 14.7 Å². The van der Waals surface area contributed by atoms with Crippen molar-refractivity contribution in [3.05, 3.63) is 63.1 Å². The molecule has 146 valence electrons. The van der Waals surface area contributed by atoms with Crippen molar-refractivity contribution in [2.24, 2.45) is 10.2 Å². The molecule has 8 nitrogen and oxygen atoms in total. The van der Waals surface area contributed by atoms with E-state index >= 15 is 0 Å². The number of para-hydroxylation sites is 1. The van der Waals surface area contributed by atoms with Gasteiger partial charge in [0.15, 0.2) is 5.69 Å². The maximum Gasteiger partial charge on any atom is 0.287 e. The quantitative estimate of drug-likeness (QED) is 0.443. The standard InChI is InChI=1S/C20H16BrN5O3/c1-10-7-12(21)8-14-16(10)23-19(28)17(14)24-25-18(27)11(2)26-9-22-15-6-4-3-5-13(15)20(26)29/h3-9,11,23,28H,1-2H3. The number of amides is 1. The average molecular weight is 454 g/mol. The molecular weight excluding hydrogens is 438 g/mol. The van der Waals surface area contributed by atoms with Gasteiger partial charge in [-0.15, -0.1) is 10.2 Å². The zero-order chi connectivity index (χ0) is 20.7. The van der Waals surface area contributed by atoms with Crippen molar-refractivity contribution >= 4 is 49.3 Å². The van der Waals surface area contributed by atoms with Crippen molar-refractivity contribution in [3.63, 3.8) is 0 Å². The van der Waals surface area contributed by atoms with Crippen molar-refractivity contribution in [1.82, 2.24) is 14.5 Å². The van der Waals surface area contributed by atoms with Gasteiger partial charge < -0.3 is 10.1 Å². The predicted octanol–water partition coefficient (Wildman–Crippen LogP) is 4.53. The van der Waals surface area contributed by atoms with Crippen LogP contribution in [0.2, 0.25) is 0 Å². The Balaban J connectivity index is 1.69. The first kappa shape index (κ1) is 19.0. The van der Waals surface area contributed by atoms with Crippen LogP contribution in [0, 0.1) is 6.92 Å². The lowest BCUT2D eigenvalue weighted by Crippen LogP contribution is -2.27. The molecule has 9 heteroatoms. The van der Waals surface area contributed by atoms with E-state index in [1.807, 2.05) is 13.0 Å². The Kier molecular flexibility index (Phi) is 4.75. The van der Waals surface area contributed by atoms with Gasteiger partial charge in [-0.1, -0.05) is 28.1 Å². The number of carbonyl (C=O) groups is 1. The minimum Gasteiger partial charge on any atom is -0.493 e. The first-order valence-corrected chi connectivity index (χ1v) is 9.58. The van der Waals surface area contributed by atoms with E-state index in [2.05, 4.69) is 36.1 Å². The van der Waals surface area contributed by atoms with Crippen LogP contribution in [0.25, 0.3) is 21.8 Å². The first-order chi connectivity index (χ1) is 13.9. The minimum atomic E-state index is -0.899. The van der Waals surface area contributed by atoms with Crippen LogP contribution in [0.4, 0.5) is 5.69 Å². The molecule has 29 heavy (non-hydrogen) atoms. The molecule has 4 rings (SSSR count). The molecule has 2 N–H and O–H groups in total. The summed E-state index contributed by atoms with van der Waals surface area (Å²) < 4.78 is 2.03. The number of aryl methyl sites for hydroxylation is 1. The fraction of sp³-hybridized carbons (Fsp3) is 0.150. The molecule has 0 bridgehead atoms. The van der Waals surface area contributed by atoms with Crippen molar-refractivity contribution < 1.29 is 9.90 Å². The second-order valence-electron chi connectivity index (χ2n) is 6.66. The Labute approximate surface area is 173 Å². The highest BCUT2D eigenvalue weighted by atomic mass is 79.9. The number of azo groups is 1. The number of nitrogens with one attached hydrogen (secondary N) is 1. The molecule has 0 saturated heterocycles. The number of aromatic hydroxyl groups is 1. The summed E-state index contributed by atoms with van der Waals surface area (Å²) in [4.78, 5) is 32.3. The van der Waals surface area contributed by atoms with Crippen molar-refractivity contribution in [3.8, 4) is 5.88 Å². The summed E-state index contributed by atoms with van der Waals surface area (Å²) in [6, 6.07) is 9.68. The summed E-state index contributed by atoms with van der Waals surface area (Å²) in [5.41, 5.74) is 1.99. The van der Waals surface area contributed by atoms with Gasteiger partial charge in [0.25, 0.3) is 11.5 Å². The summed E-state index contributed by atoms with van der Waals surface area (Å²) in [6.45, 7) is 3.44. The van der Waals surface area contributed by atoms with Gasteiger partial charge in [0.2, 0.25) is 5.88 Å². The number of hydrogen-bond donors (Lipinski definition) is 2. The molecule has 0 aliphatic rings. The second kappa shape index (κ2) is 7.25. The van der Waals surface area contributed by atoms with Crippen molar-refractivity contribution in [2.45, 2.75) is 19.9 Å². The normalized spacial score (nSPS) is 12.8. The van der Waals surface area contributed by atoms with Gasteiger partial charge in [0.1, 0.15) is 6.04 Å². The van der Waals surface area contributed by atoms with E-state index < -0.39 is 11.9 Å². The van der Waals surface area contributed by atoms with E-state index in [1.165, 1.54) is 10.9 Å². The van der Waals surface area contributed by atoms with E-state index in [0.29, 0.717) is 21.8 Å². The molecule has 2 aromatic heterocycles. The fourth-order valence-electron chi connectivity index (χ4n) is 3.16. The lowest BCUT2D eigenvalue weighted by Gasteiger charge is -2.11. The molecule has 1 unspecified atom stereocenters. The number of halogens is 1. The van der Waals surface area contributed by atoms with Gasteiger partial charge in [-0.05, 0) is 43.7 Å². The van der Waals surface area contributed by atoms with Gasteiger partial charge in [0.05, 0.1) is 22.7 Å². The number of aromatic nitrogens is 3. The monoisotopic (exact) mass is 453 g/mol. The summed E-state index contributed by atoms with van der Waals surface area (Å²) in [5.74, 6) is -0.820. The number of hydrogen-bond acceptors (Lipinski definition) is 5. The predicted molar refractivity (Wildman–Crippen MR) is 113 cm³/mol. The van der Waals surface area contributed by atoms with Crippen molar-refractivity contribution in [1.29, 1.82) is 0 Å². The summed E-state index contributed by atoms with van der Waals surface area (Å²) >= 11 is 3.41. The van der Waals surface area contributed by atoms with Crippen molar-refractivity contribution in [2.75, 3.05) is 0 Å². The fourth-order valence-corrected chi connectivity index (χ4v) is 3.74. The van der Waals surface area contributed by atoms with Crippen LogP contribution in [0.5, 0.6) is 5.88 Å². The first-order valence-electron chi connectivity index (χ1n) is 8.79. The Hall–Kier alpha value is -3.33. The summed E-state index contributed by atoms with van der Waals surface area (Å²) in [6.07, 6.45) is 1.33. The maximum atomic E-state index is 12.7. The molecule has 0 saturated carbocycles. The van der Waals surface area contributed by atoms with Gasteiger partial charge in [-0.25, -0.2) is 4.98 Å². The number of rotatable bonds is 3. The van der Waals surface area contributed by atoms with Gasteiger partial charge in [0, 0.05) is 9.86 Å². The number of nitrogens with zero attached hydrogens (tertiary/aromatic N) is 4. The molecule has 0 fully saturated rings.